The van der Waals surface area contributed by atoms with E-state index in [4.69, 9.17) is 9.84 Å². The molecule has 4 aromatic rings. The molecule has 2 N–H and O–H groups in total. The van der Waals surface area contributed by atoms with Crippen LogP contribution in [0, 0.1) is 12.7 Å². The average Bonchev–Trinajstić information content (AvgIpc) is 2.97. The van der Waals surface area contributed by atoms with E-state index in [1.807, 2.05) is 6.07 Å². The number of aromatic nitrogens is 3. The van der Waals surface area contributed by atoms with Crippen LogP contribution in [0.1, 0.15) is 46.7 Å². The Morgan fingerprint density at radius 3 is 2.48 bits per heavy atom. The van der Waals surface area contributed by atoms with Crippen molar-refractivity contribution in [3.63, 3.8) is 0 Å². The van der Waals surface area contributed by atoms with Crippen LogP contribution < -0.4 is 15.0 Å². The van der Waals surface area contributed by atoms with E-state index >= 15 is 0 Å². The van der Waals surface area contributed by atoms with Gasteiger partial charge in [0, 0.05) is 43.7 Å². The molecule has 0 bridgehead atoms. The second kappa shape index (κ2) is 12.6. The van der Waals surface area contributed by atoms with Crippen LogP contribution in [0.15, 0.2) is 54.7 Å². The number of halogens is 3. The molecule has 2 aromatic heterocycles. The van der Waals surface area contributed by atoms with Crippen LogP contribution in [-0.4, -0.2) is 70.3 Å². The zero-order chi connectivity index (χ0) is 29.8. The van der Waals surface area contributed by atoms with Gasteiger partial charge in [0.2, 0.25) is 0 Å². The highest BCUT2D eigenvalue weighted by Gasteiger charge is 2.22. The molecule has 1 saturated heterocycles. The van der Waals surface area contributed by atoms with Crippen molar-refractivity contribution >= 4 is 28.5 Å². The predicted octanol–water partition coefficient (Wildman–Crippen LogP) is 5.48. The van der Waals surface area contributed by atoms with E-state index in [9.17, 15) is 18.0 Å². The van der Waals surface area contributed by atoms with Crippen LogP contribution in [0.4, 0.5) is 24.8 Å². The molecule has 2 aromatic carbocycles. The Morgan fingerprint density at radius 1 is 1.07 bits per heavy atom. The molecule has 12 heteroatoms. The zero-order valence-corrected chi connectivity index (χ0v) is 23.2. The van der Waals surface area contributed by atoms with E-state index in [0.29, 0.717) is 34.9 Å². The van der Waals surface area contributed by atoms with E-state index in [2.05, 4.69) is 30.1 Å². The molecule has 5 rings (SSSR count). The molecule has 1 atom stereocenters. The summed E-state index contributed by atoms with van der Waals surface area (Å²) >= 11 is 0. The molecule has 3 heterocycles. The highest BCUT2D eigenvalue weighted by atomic mass is 19.3. The molecule has 0 spiro atoms. The number of ether oxygens (including phenoxy) is 1. The number of alkyl halides is 2. The van der Waals surface area contributed by atoms with Crippen molar-refractivity contribution in [1.82, 2.24) is 19.9 Å². The van der Waals surface area contributed by atoms with Gasteiger partial charge in [0.05, 0.1) is 28.9 Å². The van der Waals surface area contributed by atoms with Crippen molar-refractivity contribution in [1.29, 1.82) is 0 Å². The molecule has 9 nitrogen and oxygen atoms in total. The summed E-state index contributed by atoms with van der Waals surface area (Å²) in [6.07, 6.45) is -1.22. The van der Waals surface area contributed by atoms with Crippen LogP contribution in [0.2, 0.25) is 0 Å². The lowest BCUT2D eigenvalue weighted by molar-refractivity contribution is 0.0696. The number of hydrogen-bond acceptors (Lipinski definition) is 8. The third kappa shape index (κ3) is 6.54. The van der Waals surface area contributed by atoms with Gasteiger partial charge in [-0.1, -0.05) is 18.2 Å². The minimum Gasteiger partial charge on any atom is -0.492 e. The van der Waals surface area contributed by atoms with Crippen molar-refractivity contribution in [2.75, 3.05) is 49.5 Å². The molecule has 1 aliphatic rings. The number of pyridine rings is 1. The van der Waals surface area contributed by atoms with E-state index in [-0.39, 0.29) is 11.1 Å². The van der Waals surface area contributed by atoms with Gasteiger partial charge in [-0.05, 0) is 44.2 Å². The quantitative estimate of drug-likeness (QED) is 0.252. The molecule has 1 fully saturated rings. The number of aryl methyl sites for hydroxylation is 1. The number of hydrogen-bond donors (Lipinski definition) is 2. The first-order valence-electron chi connectivity index (χ1n) is 13.6. The summed E-state index contributed by atoms with van der Waals surface area (Å²) in [5.41, 5.74) is 0.337. The minimum absolute atomic E-state index is 0.129. The van der Waals surface area contributed by atoms with Gasteiger partial charge in [-0.15, -0.1) is 0 Å². The molecule has 0 radical (unpaired) electrons. The maximum atomic E-state index is 14.8. The van der Waals surface area contributed by atoms with Crippen molar-refractivity contribution in [2.45, 2.75) is 26.3 Å². The molecule has 0 aliphatic carbocycles. The normalized spacial score (nSPS) is 14.8. The predicted molar refractivity (Wildman–Crippen MR) is 153 cm³/mol. The smallest absolute Gasteiger partial charge is 0.335 e. The fourth-order valence-corrected chi connectivity index (χ4v) is 4.96. The maximum Gasteiger partial charge on any atom is 0.335 e. The molecule has 0 unspecified atom stereocenters. The van der Waals surface area contributed by atoms with Crippen molar-refractivity contribution in [3.05, 3.63) is 83.1 Å². The lowest BCUT2D eigenvalue weighted by Gasteiger charge is -2.35. The van der Waals surface area contributed by atoms with E-state index in [1.54, 1.807) is 32.2 Å². The number of anilines is 2. The van der Waals surface area contributed by atoms with Crippen LogP contribution >= 0.6 is 0 Å². The number of rotatable bonds is 10. The number of piperazine rings is 1. The van der Waals surface area contributed by atoms with E-state index < -0.39 is 29.8 Å². The maximum absolute atomic E-state index is 14.8. The lowest BCUT2D eigenvalue weighted by Crippen LogP contribution is -2.47. The average molecular weight is 581 g/mol. The molecule has 0 amide bonds. The fraction of sp³-hybridized carbons (Fsp3) is 0.333. The van der Waals surface area contributed by atoms with Crippen molar-refractivity contribution in [2.24, 2.45) is 0 Å². The largest absolute Gasteiger partial charge is 0.492 e. The van der Waals surface area contributed by atoms with Gasteiger partial charge in [-0.25, -0.2) is 32.9 Å². The lowest BCUT2D eigenvalue weighted by atomic mass is 10.0. The Bertz CT molecular complexity index is 1560. The number of nitrogens with zero attached hydrogens (tertiary/aromatic N) is 5. The van der Waals surface area contributed by atoms with Gasteiger partial charge in [0.1, 0.15) is 35.6 Å². The third-order valence-electron chi connectivity index (χ3n) is 7.27. The minimum atomic E-state index is -2.90. The first-order chi connectivity index (χ1) is 20.2. The topological polar surface area (TPSA) is 104 Å². The summed E-state index contributed by atoms with van der Waals surface area (Å²) in [5.74, 6) is 0.457. The van der Waals surface area contributed by atoms with Gasteiger partial charge in [-0.2, -0.15) is 0 Å². The summed E-state index contributed by atoms with van der Waals surface area (Å²) in [5, 5.41) is 12.9. The number of aromatic carboxylic acids is 1. The molecular weight excluding hydrogens is 549 g/mol. The Morgan fingerprint density at radius 2 is 1.79 bits per heavy atom. The van der Waals surface area contributed by atoms with Gasteiger partial charge >= 0.3 is 5.97 Å². The number of carboxylic acid groups (broad SMARTS) is 1. The Balaban J connectivity index is 1.23. The Hall–Kier alpha value is -4.45. The zero-order valence-electron chi connectivity index (χ0n) is 23.2. The standard InChI is InChI=1S/C30H31F3N6O3/c1-18(22-4-3-5-23(27(22)31)28(32)33)35-29-24-16-26(34-17-25(24)36-19(2)37-29)39-12-10-38(11-13-39)14-15-42-21-8-6-20(7-9-21)30(40)41/h3-9,16-18,28H,10-15H2,1-2H3,(H,40,41)(H,35,36,37)/t18-/m1/s1. The fourth-order valence-electron chi connectivity index (χ4n) is 4.96. The number of carbonyl (C=O) groups is 1. The number of carboxylic acids is 1. The monoisotopic (exact) mass is 580 g/mol. The van der Waals surface area contributed by atoms with Crippen molar-refractivity contribution < 1.29 is 27.8 Å². The molecule has 1 aliphatic heterocycles. The number of fused-ring (bicyclic) bond motifs is 1. The number of benzene rings is 2. The molecule has 0 saturated carbocycles. The molecule has 220 valence electrons. The van der Waals surface area contributed by atoms with Crippen LogP contribution in [0.5, 0.6) is 5.75 Å². The second-order valence-electron chi connectivity index (χ2n) is 10.1. The van der Waals surface area contributed by atoms with E-state index in [1.165, 1.54) is 24.3 Å². The second-order valence-corrected chi connectivity index (χ2v) is 10.1. The highest BCUT2D eigenvalue weighted by Crippen LogP contribution is 2.31. The summed E-state index contributed by atoms with van der Waals surface area (Å²) in [6.45, 7) is 7.73. The van der Waals surface area contributed by atoms with Gasteiger partial charge < -0.3 is 20.1 Å². The van der Waals surface area contributed by atoms with Gasteiger partial charge in [0.15, 0.2) is 0 Å². The Kier molecular flexibility index (Phi) is 8.72. The summed E-state index contributed by atoms with van der Waals surface area (Å²) < 4.78 is 47.1. The highest BCUT2D eigenvalue weighted by molar-refractivity contribution is 5.90. The first kappa shape index (κ1) is 29.1. The molecular formula is C30H31F3N6O3. The SMILES string of the molecule is Cc1nc(N[C@H](C)c2cccc(C(F)F)c2F)c2cc(N3CCN(CCOc4ccc(C(=O)O)cc4)CC3)ncc2n1. The Labute approximate surface area is 241 Å². The van der Waals surface area contributed by atoms with Crippen LogP contribution in [0.3, 0.4) is 0 Å². The van der Waals surface area contributed by atoms with Gasteiger partial charge in [-0.3, -0.25) is 4.90 Å². The van der Waals surface area contributed by atoms with Crippen LogP contribution in [-0.2, 0) is 0 Å². The van der Waals surface area contributed by atoms with Crippen molar-refractivity contribution in [3.8, 4) is 5.75 Å². The molecule has 42 heavy (non-hydrogen) atoms. The van der Waals surface area contributed by atoms with E-state index in [0.717, 1.165) is 44.6 Å². The first-order valence-corrected chi connectivity index (χ1v) is 13.6. The third-order valence-corrected chi connectivity index (χ3v) is 7.27. The summed E-state index contributed by atoms with van der Waals surface area (Å²) in [6, 6.07) is 11.6. The summed E-state index contributed by atoms with van der Waals surface area (Å²) in [7, 11) is 0. The van der Waals surface area contributed by atoms with Crippen LogP contribution in [0.25, 0.3) is 10.9 Å². The number of nitrogens with one attached hydrogen (secondary N) is 1. The summed E-state index contributed by atoms with van der Waals surface area (Å²) in [4.78, 5) is 29.1. The van der Waals surface area contributed by atoms with Gasteiger partial charge in [0.25, 0.3) is 6.43 Å².